The number of rotatable bonds is 2. The highest BCUT2D eigenvalue weighted by Gasteiger charge is 2.41. The zero-order valence-corrected chi connectivity index (χ0v) is 22.0. The first-order valence-corrected chi connectivity index (χ1v) is 12.0. The molecule has 0 spiro atoms. The first kappa shape index (κ1) is 28.7. The molecular weight excluding hydrogens is 581 g/mol. The van der Waals surface area contributed by atoms with Gasteiger partial charge in [0.25, 0.3) is 17.2 Å². The maximum absolute atomic E-state index is 16.9. The molecule has 0 amide bonds. The average Bonchev–Trinajstić information content (AvgIpc) is 3.56. The van der Waals surface area contributed by atoms with Gasteiger partial charge in [-0.15, -0.1) is 4.98 Å². The van der Waals surface area contributed by atoms with Crippen LogP contribution in [0, 0.1) is 89.1 Å². The van der Waals surface area contributed by atoms with Crippen LogP contribution in [-0.2, 0) is 0 Å². The van der Waals surface area contributed by atoms with E-state index in [0.717, 1.165) is 18.2 Å². The van der Waals surface area contributed by atoms with Crippen molar-refractivity contribution >= 4 is 39.4 Å². The van der Waals surface area contributed by atoms with Gasteiger partial charge in [-0.05, 0) is 40.5 Å². The second-order valence-electron chi connectivity index (χ2n) is 8.92. The lowest BCUT2D eigenvalue weighted by atomic mass is 9.90. The second kappa shape index (κ2) is 10.9. The molecule has 0 aliphatic heterocycles. The molecule has 2 heterocycles. The zero-order chi connectivity index (χ0) is 32.6. The van der Waals surface area contributed by atoms with Crippen LogP contribution >= 0.6 is 0 Å². The van der Waals surface area contributed by atoms with E-state index < -0.39 is 79.1 Å². The molecular formula is C32H5F3N10. The highest BCUT2D eigenvalue weighted by atomic mass is 19.1. The number of fused-ring (bicyclic) bond motifs is 2. The monoisotopic (exact) mass is 586 g/mol. The standard InChI is InChI=1S/C32H5F3N10/c1-40-22(10-38)27-17-6-18-28(23(11-39)41-2)29(16-7-24(42-3)45-13-21(16)34)32(43-4)30(18)31(35)26(17)19(9-37)25(27)15-5-14(8-36)44-12-20(15)33/h5-7,12-13H/b27-22+,28-23-. The van der Waals surface area contributed by atoms with E-state index in [2.05, 4.69) is 29.3 Å². The van der Waals surface area contributed by atoms with E-state index in [1.165, 1.54) is 0 Å². The Morgan fingerprint density at radius 1 is 0.667 bits per heavy atom. The number of hydrogen-bond acceptors (Lipinski definition) is 6. The van der Waals surface area contributed by atoms with Gasteiger partial charge in [0.2, 0.25) is 5.70 Å². The first-order chi connectivity index (χ1) is 21.7. The van der Waals surface area contributed by atoms with Crippen molar-refractivity contribution in [3.63, 3.8) is 0 Å². The summed E-state index contributed by atoms with van der Waals surface area (Å²) in [4.78, 5) is 20.1. The summed E-state index contributed by atoms with van der Waals surface area (Å²) < 4.78 is 47.3. The van der Waals surface area contributed by atoms with Crippen molar-refractivity contribution in [2.24, 2.45) is 0 Å². The van der Waals surface area contributed by atoms with Crippen molar-refractivity contribution in [2.75, 3.05) is 0 Å². The van der Waals surface area contributed by atoms with Gasteiger partial charge in [0.1, 0.15) is 29.5 Å². The predicted molar refractivity (Wildman–Crippen MR) is 150 cm³/mol. The number of halogens is 3. The third-order valence-electron chi connectivity index (χ3n) is 6.88. The van der Waals surface area contributed by atoms with Gasteiger partial charge in [0.05, 0.1) is 43.6 Å². The Bertz CT molecular complexity index is 2240. The van der Waals surface area contributed by atoms with Crippen LogP contribution < -0.4 is 0 Å². The van der Waals surface area contributed by atoms with Crippen LogP contribution in [0.1, 0.15) is 39.1 Å². The van der Waals surface area contributed by atoms with E-state index in [4.69, 9.17) is 26.3 Å². The largest absolute Gasteiger partial charge is 0.361 e. The third kappa shape index (κ3) is 4.05. The molecule has 2 aromatic heterocycles. The average molecular weight is 586 g/mol. The van der Waals surface area contributed by atoms with Crippen LogP contribution in [0.3, 0.4) is 0 Å². The van der Waals surface area contributed by atoms with Gasteiger partial charge in [0, 0.05) is 33.4 Å². The van der Waals surface area contributed by atoms with E-state index in [1.807, 2.05) is 0 Å². The van der Waals surface area contributed by atoms with Crippen molar-refractivity contribution in [3.05, 3.63) is 144 Å². The summed E-state index contributed by atoms with van der Waals surface area (Å²) >= 11 is 0. The molecule has 45 heavy (non-hydrogen) atoms. The van der Waals surface area contributed by atoms with Gasteiger partial charge in [-0.2, -0.15) is 10.5 Å². The maximum atomic E-state index is 16.9. The fourth-order valence-electron chi connectivity index (χ4n) is 5.18. The van der Waals surface area contributed by atoms with Crippen LogP contribution in [0.15, 0.2) is 42.0 Å². The summed E-state index contributed by atoms with van der Waals surface area (Å²) in [5.74, 6) is -3.70. The normalized spacial score (nSPS) is 14.7. The Hall–Kier alpha value is -7.81. The van der Waals surface area contributed by atoms with E-state index in [0.29, 0.717) is 12.4 Å². The van der Waals surface area contributed by atoms with Crippen molar-refractivity contribution < 1.29 is 13.2 Å². The van der Waals surface area contributed by atoms with Crippen LogP contribution in [-0.4, -0.2) is 9.97 Å². The Labute approximate surface area is 252 Å². The Morgan fingerprint density at radius 3 is 1.78 bits per heavy atom. The molecule has 0 unspecified atom stereocenters. The third-order valence-corrected chi connectivity index (χ3v) is 6.88. The van der Waals surface area contributed by atoms with Crippen LogP contribution in [0.25, 0.3) is 52.9 Å². The first-order valence-electron chi connectivity index (χ1n) is 12.0. The van der Waals surface area contributed by atoms with Crippen molar-refractivity contribution in [2.45, 2.75) is 0 Å². The number of allylic oxidation sites excluding steroid dienone is 7. The lowest BCUT2D eigenvalue weighted by Gasteiger charge is -2.14. The fraction of sp³-hybridized carbons (Fsp3) is 0. The van der Waals surface area contributed by atoms with Crippen molar-refractivity contribution in [1.29, 1.82) is 21.0 Å². The summed E-state index contributed by atoms with van der Waals surface area (Å²) in [7, 11) is 0. The predicted octanol–water partition coefficient (Wildman–Crippen LogP) is 6.87. The van der Waals surface area contributed by atoms with Crippen LogP contribution in [0.4, 0.5) is 19.0 Å². The molecule has 13 heteroatoms. The Morgan fingerprint density at radius 2 is 1.24 bits per heavy atom. The number of aromatic nitrogens is 2. The molecule has 3 aromatic rings. The molecule has 0 saturated heterocycles. The maximum Gasteiger partial charge on any atom is 0.270 e. The number of nitrogens with zero attached hydrogens (tertiary/aromatic N) is 10. The van der Waals surface area contributed by atoms with Gasteiger partial charge in [-0.25, -0.2) is 43.2 Å². The summed E-state index contributed by atoms with van der Waals surface area (Å²) in [6.45, 7) is 30.3. The molecule has 2 aliphatic rings. The molecule has 0 fully saturated rings. The molecule has 0 bridgehead atoms. The molecule has 2 aliphatic carbocycles. The molecule has 10 nitrogen and oxygen atoms in total. The minimum atomic E-state index is -1.27. The lowest BCUT2D eigenvalue weighted by molar-refractivity contribution is 0.617. The lowest BCUT2D eigenvalue weighted by Crippen LogP contribution is -1.99. The molecule has 5 rings (SSSR count). The smallest absolute Gasteiger partial charge is 0.270 e. The quantitative estimate of drug-likeness (QED) is 0.237. The van der Waals surface area contributed by atoms with E-state index in [9.17, 15) is 21.0 Å². The molecule has 0 saturated carbocycles. The van der Waals surface area contributed by atoms with Gasteiger partial charge in [-0.1, -0.05) is 6.57 Å². The zero-order valence-electron chi connectivity index (χ0n) is 22.0. The van der Waals surface area contributed by atoms with Crippen molar-refractivity contribution in [3.8, 4) is 24.3 Å². The highest BCUT2D eigenvalue weighted by molar-refractivity contribution is 6.29. The molecule has 204 valence electrons. The Kier molecular flexibility index (Phi) is 6.94. The van der Waals surface area contributed by atoms with Gasteiger partial charge in [0.15, 0.2) is 12.0 Å². The van der Waals surface area contributed by atoms with Gasteiger partial charge in [-0.3, -0.25) is 0 Å². The fourth-order valence-corrected chi connectivity index (χ4v) is 5.18. The van der Waals surface area contributed by atoms with Crippen LogP contribution in [0.5, 0.6) is 0 Å². The molecule has 0 N–H and O–H groups in total. The topological polar surface area (TPSA) is 138 Å². The minimum Gasteiger partial charge on any atom is -0.361 e. The molecule has 0 radical (unpaired) electrons. The van der Waals surface area contributed by atoms with Crippen LogP contribution in [0.2, 0.25) is 0 Å². The van der Waals surface area contributed by atoms with Gasteiger partial charge < -0.3 is 4.85 Å². The summed E-state index contributed by atoms with van der Waals surface area (Å²) in [6.07, 6.45) is 1.37. The van der Waals surface area contributed by atoms with Gasteiger partial charge >= 0.3 is 0 Å². The molecule has 0 atom stereocenters. The number of nitriles is 4. The Balaban J connectivity index is 2.03. The van der Waals surface area contributed by atoms with Crippen molar-refractivity contribution in [1.82, 2.24) is 9.97 Å². The second-order valence-corrected chi connectivity index (χ2v) is 8.92. The SMILES string of the molecule is [C-]#[N+]C1=C(c2cc([N+]#[C-])ncc2F)/C(=C(/C#N)[N+]#[C-])c2cc3c(c(F)c21)C(C#N)=C(c1cc(C#N)ncc1F)/C3=C(\C#N)[N+]#[C-]. The molecule has 1 aromatic carbocycles. The van der Waals surface area contributed by atoms with E-state index in [-0.39, 0.29) is 28.2 Å². The summed E-state index contributed by atoms with van der Waals surface area (Å²) in [5, 5.41) is 39.3. The van der Waals surface area contributed by atoms with E-state index >= 15 is 13.2 Å². The summed E-state index contributed by atoms with van der Waals surface area (Å²) in [5.41, 5.74) is -6.88. The summed E-state index contributed by atoms with van der Waals surface area (Å²) in [6, 6.07) is 9.83. The minimum absolute atomic E-state index is 0.286. The highest BCUT2D eigenvalue weighted by Crippen LogP contribution is 2.56. The number of pyridine rings is 2. The number of benzene rings is 1. The van der Waals surface area contributed by atoms with E-state index in [1.54, 1.807) is 24.3 Å². The number of hydrogen-bond donors (Lipinski definition) is 0.